The molecule has 4 nitrogen and oxygen atoms in total. The maximum atomic E-state index is 11.7. The van der Waals surface area contributed by atoms with Gasteiger partial charge in [0.1, 0.15) is 0 Å². The van der Waals surface area contributed by atoms with Gasteiger partial charge in [0, 0.05) is 18.5 Å². The Bertz CT molecular complexity index is 455. The molecular weight excluding hydrogens is 242 g/mol. The molecule has 0 bridgehead atoms. The number of carbonyl (C=O) groups excluding carboxylic acids is 1. The molecule has 0 unspecified atom stereocenters. The zero-order chi connectivity index (χ0) is 14.3. The van der Waals surface area contributed by atoms with Crippen molar-refractivity contribution in [3.05, 3.63) is 29.3 Å². The normalized spacial score (nSPS) is 10.2. The van der Waals surface area contributed by atoms with E-state index >= 15 is 0 Å². The predicted octanol–water partition coefficient (Wildman–Crippen LogP) is 3.14. The number of hydrogen-bond acceptors (Lipinski definition) is 2. The third-order valence-corrected chi connectivity index (χ3v) is 3.05. The number of rotatable bonds is 7. The second kappa shape index (κ2) is 7.56. The number of hydrogen-bond donors (Lipinski definition) is 2. The molecule has 19 heavy (non-hydrogen) atoms. The van der Waals surface area contributed by atoms with Crippen LogP contribution in [0.5, 0.6) is 0 Å². The molecular formula is C15H21NO3. The van der Waals surface area contributed by atoms with Crippen LogP contribution >= 0.6 is 0 Å². The summed E-state index contributed by atoms with van der Waals surface area (Å²) in [4.78, 5) is 22.0. The summed E-state index contributed by atoms with van der Waals surface area (Å²) in [5.41, 5.74) is 3.25. The van der Waals surface area contributed by atoms with Gasteiger partial charge in [-0.15, -0.1) is 0 Å². The Morgan fingerprint density at radius 3 is 2.47 bits per heavy atom. The monoisotopic (exact) mass is 263 g/mol. The summed E-state index contributed by atoms with van der Waals surface area (Å²) < 4.78 is 0. The largest absolute Gasteiger partial charge is 0.481 e. The van der Waals surface area contributed by atoms with E-state index in [1.165, 1.54) is 11.1 Å². The molecule has 0 heterocycles. The number of amides is 1. The van der Waals surface area contributed by atoms with Crippen molar-refractivity contribution in [1.29, 1.82) is 0 Å². The maximum absolute atomic E-state index is 11.7. The molecule has 2 N–H and O–H groups in total. The van der Waals surface area contributed by atoms with Gasteiger partial charge in [-0.1, -0.05) is 13.0 Å². The second-order valence-electron chi connectivity index (χ2n) is 4.64. The minimum atomic E-state index is -0.814. The van der Waals surface area contributed by atoms with Gasteiger partial charge in [-0.25, -0.2) is 0 Å². The third kappa shape index (κ3) is 5.55. The van der Waals surface area contributed by atoms with Crippen molar-refractivity contribution in [2.75, 3.05) is 5.32 Å². The summed E-state index contributed by atoms with van der Waals surface area (Å²) in [6.07, 6.45) is 2.61. The Balaban J connectivity index is 2.40. The first-order valence-corrected chi connectivity index (χ1v) is 6.64. The Hall–Kier alpha value is -1.84. The molecule has 0 saturated carbocycles. The highest BCUT2D eigenvalue weighted by molar-refractivity contribution is 5.90. The first-order valence-electron chi connectivity index (χ1n) is 6.64. The van der Waals surface area contributed by atoms with Gasteiger partial charge < -0.3 is 10.4 Å². The van der Waals surface area contributed by atoms with Crippen LogP contribution in [0.2, 0.25) is 0 Å². The van der Waals surface area contributed by atoms with Crippen molar-refractivity contribution in [3.63, 3.8) is 0 Å². The average Bonchev–Trinajstić information content (AvgIpc) is 2.35. The molecule has 104 valence electrons. The molecule has 0 saturated heterocycles. The first-order chi connectivity index (χ1) is 9.02. The van der Waals surface area contributed by atoms with Crippen molar-refractivity contribution in [1.82, 2.24) is 0 Å². The Morgan fingerprint density at radius 1 is 1.21 bits per heavy atom. The fraction of sp³-hybridized carbons (Fsp3) is 0.467. The van der Waals surface area contributed by atoms with Crippen LogP contribution in [0, 0.1) is 6.92 Å². The van der Waals surface area contributed by atoms with Crippen LogP contribution in [0.25, 0.3) is 0 Å². The minimum absolute atomic E-state index is 0.0611. The summed E-state index contributed by atoms with van der Waals surface area (Å²) in [5, 5.41) is 11.3. The van der Waals surface area contributed by atoms with E-state index in [0.29, 0.717) is 19.3 Å². The van der Waals surface area contributed by atoms with E-state index in [1.807, 2.05) is 25.1 Å². The number of unbranched alkanes of at least 4 members (excludes halogenated alkanes) is 1. The molecule has 0 radical (unpaired) electrons. The van der Waals surface area contributed by atoms with E-state index in [0.717, 1.165) is 12.1 Å². The summed E-state index contributed by atoms with van der Waals surface area (Å²) in [5.74, 6) is -0.875. The van der Waals surface area contributed by atoms with Gasteiger partial charge in [0.2, 0.25) is 5.91 Å². The van der Waals surface area contributed by atoms with Gasteiger partial charge >= 0.3 is 5.97 Å². The fourth-order valence-electron chi connectivity index (χ4n) is 1.96. The molecule has 0 aliphatic heterocycles. The zero-order valence-corrected chi connectivity index (χ0v) is 11.5. The van der Waals surface area contributed by atoms with Gasteiger partial charge in [-0.3, -0.25) is 9.59 Å². The Labute approximate surface area is 113 Å². The number of anilines is 1. The van der Waals surface area contributed by atoms with Gasteiger partial charge in [0.05, 0.1) is 0 Å². The summed E-state index contributed by atoms with van der Waals surface area (Å²) in [6, 6.07) is 5.89. The van der Waals surface area contributed by atoms with E-state index in [-0.39, 0.29) is 12.3 Å². The summed E-state index contributed by atoms with van der Waals surface area (Å²) >= 11 is 0. The third-order valence-electron chi connectivity index (χ3n) is 3.05. The van der Waals surface area contributed by atoms with Crippen LogP contribution in [0.15, 0.2) is 18.2 Å². The zero-order valence-electron chi connectivity index (χ0n) is 11.5. The molecule has 1 aromatic carbocycles. The SMILES string of the molecule is CCc1ccc(NC(=O)CCCCC(=O)O)cc1C. The summed E-state index contributed by atoms with van der Waals surface area (Å²) in [6.45, 7) is 4.13. The van der Waals surface area contributed by atoms with Crippen molar-refractivity contribution in [2.45, 2.75) is 46.0 Å². The van der Waals surface area contributed by atoms with E-state index in [4.69, 9.17) is 5.11 Å². The van der Waals surface area contributed by atoms with Crippen LogP contribution in [0.3, 0.4) is 0 Å². The number of benzene rings is 1. The first kappa shape index (κ1) is 15.2. The molecule has 0 atom stereocenters. The maximum Gasteiger partial charge on any atom is 0.303 e. The van der Waals surface area contributed by atoms with E-state index in [1.54, 1.807) is 0 Å². The van der Waals surface area contributed by atoms with Crippen molar-refractivity contribution >= 4 is 17.6 Å². The van der Waals surface area contributed by atoms with Crippen LogP contribution in [0.1, 0.15) is 43.7 Å². The summed E-state index contributed by atoms with van der Waals surface area (Å²) in [7, 11) is 0. The topological polar surface area (TPSA) is 66.4 Å². The number of carbonyl (C=O) groups is 2. The second-order valence-corrected chi connectivity index (χ2v) is 4.64. The van der Waals surface area contributed by atoms with Crippen LogP contribution in [-0.4, -0.2) is 17.0 Å². The average molecular weight is 263 g/mol. The molecule has 0 aromatic heterocycles. The minimum Gasteiger partial charge on any atom is -0.481 e. The molecule has 1 rings (SSSR count). The quantitative estimate of drug-likeness (QED) is 0.743. The lowest BCUT2D eigenvalue weighted by atomic mass is 10.1. The van der Waals surface area contributed by atoms with Gasteiger partial charge in [0.25, 0.3) is 0 Å². The Morgan fingerprint density at radius 2 is 1.89 bits per heavy atom. The number of carboxylic acid groups (broad SMARTS) is 1. The number of carboxylic acids is 1. The highest BCUT2D eigenvalue weighted by Crippen LogP contribution is 2.16. The molecule has 0 aliphatic carbocycles. The van der Waals surface area contributed by atoms with Crippen LogP contribution in [0.4, 0.5) is 5.69 Å². The highest BCUT2D eigenvalue weighted by Gasteiger charge is 2.05. The predicted molar refractivity (Wildman–Crippen MR) is 75.3 cm³/mol. The fourth-order valence-corrected chi connectivity index (χ4v) is 1.96. The Kier molecular flexibility index (Phi) is 6.06. The van der Waals surface area contributed by atoms with Gasteiger partial charge in [0.15, 0.2) is 0 Å². The standard InChI is InChI=1S/C15H21NO3/c1-3-12-8-9-13(10-11(12)2)16-14(17)6-4-5-7-15(18)19/h8-10H,3-7H2,1-2H3,(H,16,17)(H,18,19). The van der Waals surface area contributed by atoms with Crippen molar-refractivity contribution < 1.29 is 14.7 Å². The van der Waals surface area contributed by atoms with E-state index < -0.39 is 5.97 Å². The molecule has 0 fully saturated rings. The van der Waals surface area contributed by atoms with E-state index in [9.17, 15) is 9.59 Å². The molecule has 4 heteroatoms. The number of aliphatic carboxylic acids is 1. The molecule has 1 aromatic rings. The smallest absolute Gasteiger partial charge is 0.303 e. The highest BCUT2D eigenvalue weighted by atomic mass is 16.4. The van der Waals surface area contributed by atoms with Crippen LogP contribution < -0.4 is 5.32 Å². The molecule has 0 aliphatic rings. The van der Waals surface area contributed by atoms with Gasteiger partial charge in [-0.05, 0) is 49.4 Å². The molecule has 1 amide bonds. The lowest BCUT2D eigenvalue weighted by Gasteiger charge is -2.08. The number of aryl methyl sites for hydroxylation is 2. The van der Waals surface area contributed by atoms with Gasteiger partial charge in [-0.2, -0.15) is 0 Å². The van der Waals surface area contributed by atoms with Crippen molar-refractivity contribution in [2.24, 2.45) is 0 Å². The van der Waals surface area contributed by atoms with E-state index in [2.05, 4.69) is 12.2 Å². The molecule has 0 spiro atoms. The van der Waals surface area contributed by atoms with Crippen LogP contribution in [-0.2, 0) is 16.0 Å². The lowest BCUT2D eigenvalue weighted by Crippen LogP contribution is -2.11. The van der Waals surface area contributed by atoms with Crippen molar-refractivity contribution in [3.8, 4) is 0 Å². The number of nitrogens with one attached hydrogen (secondary N) is 1. The lowest BCUT2D eigenvalue weighted by molar-refractivity contribution is -0.137.